The molecular weight excluding hydrogens is 321 g/mol. The molecule has 0 atom stereocenters. The van der Waals surface area contributed by atoms with Crippen LogP contribution in [0.2, 0.25) is 0 Å². The van der Waals surface area contributed by atoms with Crippen molar-refractivity contribution >= 4 is 22.8 Å². The quantitative estimate of drug-likeness (QED) is 0.733. The molecule has 5 nitrogen and oxygen atoms in total. The van der Waals surface area contributed by atoms with E-state index < -0.39 is 5.97 Å². The number of fused-ring (bicyclic) bond motifs is 1. The first-order chi connectivity index (χ1) is 12.0. The van der Waals surface area contributed by atoms with Crippen LogP contribution in [-0.2, 0) is 11.3 Å². The van der Waals surface area contributed by atoms with E-state index >= 15 is 0 Å². The number of ether oxygens (including phenoxy) is 1. The number of hydrogen-bond donors (Lipinski definition) is 1. The summed E-state index contributed by atoms with van der Waals surface area (Å²) < 4.78 is 17.8. The summed E-state index contributed by atoms with van der Waals surface area (Å²) >= 11 is 0. The SMILES string of the molecule is COC(=O)c1nc2cc(C)c(C)cc2nc1NCc1ccc(F)cc1. The van der Waals surface area contributed by atoms with Gasteiger partial charge in [0.2, 0.25) is 0 Å². The van der Waals surface area contributed by atoms with Gasteiger partial charge in [-0.05, 0) is 54.8 Å². The molecule has 0 spiro atoms. The highest BCUT2D eigenvalue weighted by Crippen LogP contribution is 2.21. The van der Waals surface area contributed by atoms with E-state index in [9.17, 15) is 9.18 Å². The third-order valence-electron chi connectivity index (χ3n) is 4.03. The molecule has 1 aromatic heterocycles. The van der Waals surface area contributed by atoms with Gasteiger partial charge in [-0.25, -0.2) is 19.2 Å². The van der Waals surface area contributed by atoms with Crippen molar-refractivity contribution in [3.63, 3.8) is 0 Å². The summed E-state index contributed by atoms with van der Waals surface area (Å²) in [6.45, 7) is 4.36. The summed E-state index contributed by atoms with van der Waals surface area (Å²) in [5, 5.41) is 3.09. The molecule has 3 aromatic rings. The van der Waals surface area contributed by atoms with Crippen LogP contribution in [0, 0.1) is 19.7 Å². The molecule has 0 bridgehead atoms. The maximum absolute atomic E-state index is 13.0. The Hall–Kier alpha value is -3.02. The number of halogens is 1. The van der Waals surface area contributed by atoms with Gasteiger partial charge in [-0.1, -0.05) is 12.1 Å². The minimum atomic E-state index is -0.561. The van der Waals surface area contributed by atoms with Crippen LogP contribution >= 0.6 is 0 Å². The van der Waals surface area contributed by atoms with Gasteiger partial charge in [0.15, 0.2) is 11.5 Å². The molecule has 25 heavy (non-hydrogen) atoms. The third-order valence-corrected chi connectivity index (χ3v) is 4.03. The summed E-state index contributed by atoms with van der Waals surface area (Å²) in [4.78, 5) is 21.0. The smallest absolute Gasteiger partial charge is 0.360 e. The number of aryl methyl sites for hydroxylation is 2. The van der Waals surface area contributed by atoms with Crippen LogP contribution in [-0.4, -0.2) is 23.0 Å². The maximum atomic E-state index is 13.0. The van der Waals surface area contributed by atoms with Gasteiger partial charge in [-0.2, -0.15) is 0 Å². The first-order valence-corrected chi connectivity index (χ1v) is 7.83. The fourth-order valence-corrected chi connectivity index (χ4v) is 2.46. The molecule has 1 heterocycles. The third kappa shape index (κ3) is 3.57. The van der Waals surface area contributed by atoms with Gasteiger partial charge in [0, 0.05) is 6.54 Å². The summed E-state index contributed by atoms with van der Waals surface area (Å²) in [5.74, 6) is -0.517. The normalized spacial score (nSPS) is 10.7. The zero-order valence-corrected chi connectivity index (χ0v) is 14.3. The molecule has 6 heteroatoms. The van der Waals surface area contributed by atoms with Gasteiger partial charge >= 0.3 is 5.97 Å². The Bertz CT molecular complexity index is 940. The summed E-state index contributed by atoms with van der Waals surface area (Å²) in [5.41, 5.74) is 4.48. The van der Waals surface area contributed by atoms with E-state index in [0.29, 0.717) is 23.4 Å². The Balaban J connectivity index is 2.00. The van der Waals surface area contributed by atoms with Crippen molar-refractivity contribution in [1.29, 1.82) is 0 Å². The minimum Gasteiger partial charge on any atom is -0.464 e. The molecule has 0 radical (unpaired) electrons. The molecule has 0 unspecified atom stereocenters. The van der Waals surface area contributed by atoms with Gasteiger partial charge in [0.05, 0.1) is 18.1 Å². The van der Waals surface area contributed by atoms with Crippen molar-refractivity contribution in [1.82, 2.24) is 9.97 Å². The Morgan fingerprint density at radius 1 is 1.08 bits per heavy atom. The molecule has 0 saturated heterocycles. The first kappa shape index (κ1) is 16.8. The van der Waals surface area contributed by atoms with Crippen LogP contribution in [0.4, 0.5) is 10.2 Å². The zero-order valence-electron chi connectivity index (χ0n) is 14.3. The van der Waals surface area contributed by atoms with E-state index in [4.69, 9.17) is 4.74 Å². The van der Waals surface area contributed by atoms with Crippen molar-refractivity contribution in [3.8, 4) is 0 Å². The standard InChI is InChI=1S/C19H18FN3O2/c1-11-8-15-16(9-12(11)2)23-18(17(22-15)19(24)25-3)21-10-13-4-6-14(20)7-5-13/h4-9H,10H2,1-3H3,(H,21,23). The van der Waals surface area contributed by atoms with Crippen LogP contribution in [0.3, 0.4) is 0 Å². The number of hydrogen-bond acceptors (Lipinski definition) is 5. The Kier molecular flexibility index (Phi) is 4.61. The number of nitrogens with zero attached hydrogens (tertiary/aromatic N) is 2. The average molecular weight is 339 g/mol. The van der Waals surface area contributed by atoms with Crippen molar-refractivity contribution < 1.29 is 13.9 Å². The number of anilines is 1. The van der Waals surface area contributed by atoms with Crippen LogP contribution in [0.5, 0.6) is 0 Å². The lowest BCUT2D eigenvalue weighted by atomic mass is 10.1. The molecule has 0 aliphatic carbocycles. The summed E-state index contributed by atoms with van der Waals surface area (Å²) in [6.07, 6.45) is 0. The lowest BCUT2D eigenvalue weighted by molar-refractivity contribution is 0.0595. The van der Waals surface area contributed by atoms with Crippen LogP contribution in [0.15, 0.2) is 36.4 Å². The topological polar surface area (TPSA) is 64.1 Å². The highest BCUT2D eigenvalue weighted by Gasteiger charge is 2.17. The van der Waals surface area contributed by atoms with E-state index in [1.165, 1.54) is 19.2 Å². The molecule has 1 N–H and O–H groups in total. The molecule has 3 rings (SSSR count). The number of nitrogens with one attached hydrogen (secondary N) is 1. The lowest BCUT2D eigenvalue weighted by Gasteiger charge is -2.12. The number of aromatic nitrogens is 2. The molecule has 0 aliphatic rings. The number of carbonyl (C=O) groups is 1. The van der Waals surface area contributed by atoms with E-state index in [2.05, 4.69) is 15.3 Å². The fourth-order valence-electron chi connectivity index (χ4n) is 2.46. The van der Waals surface area contributed by atoms with Gasteiger partial charge < -0.3 is 10.1 Å². The summed E-state index contributed by atoms with van der Waals surface area (Å²) in [6, 6.07) is 9.94. The predicted molar refractivity (Wildman–Crippen MR) is 94.1 cm³/mol. The fraction of sp³-hybridized carbons (Fsp3) is 0.211. The Morgan fingerprint density at radius 2 is 1.68 bits per heavy atom. The Labute approximate surface area is 144 Å². The van der Waals surface area contributed by atoms with Gasteiger partial charge in [0.1, 0.15) is 5.82 Å². The van der Waals surface area contributed by atoms with Crippen LogP contribution < -0.4 is 5.32 Å². The average Bonchev–Trinajstić information content (AvgIpc) is 2.61. The predicted octanol–water partition coefficient (Wildman–Crippen LogP) is 3.78. The minimum absolute atomic E-state index is 0.125. The van der Waals surface area contributed by atoms with E-state index in [1.54, 1.807) is 12.1 Å². The Morgan fingerprint density at radius 3 is 2.28 bits per heavy atom. The second kappa shape index (κ2) is 6.84. The molecule has 0 fully saturated rings. The number of methoxy groups -OCH3 is 1. The van der Waals surface area contributed by atoms with Gasteiger partial charge in [0.25, 0.3) is 0 Å². The number of esters is 1. The molecule has 0 aliphatic heterocycles. The molecule has 0 amide bonds. The molecule has 0 saturated carbocycles. The van der Waals surface area contributed by atoms with E-state index in [0.717, 1.165) is 16.7 Å². The number of benzene rings is 2. The second-order valence-corrected chi connectivity index (χ2v) is 5.82. The van der Waals surface area contributed by atoms with Crippen molar-refractivity contribution in [2.45, 2.75) is 20.4 Å². The maximum Gasteiger partial charge on any atom is 0.360 e. The largest absolute Gasteiger partial charge is 0.464 e. The molecule has 2 aromatic carbocycles. The summed E-state index contributed by atoms with van der Waals surface area (Å²) in [7, 11) is 1.30. The molecule has 128 valence electrons. The van der Waals surface area contributed by atoms with E-state index in [1.807, 2.05) is 26.0 Å². The highest BCUT2D eigenvalue weighted by molar-refractivity contribution is 5.95. The van der Waals surface area contributed by atoms with Crippen molar-refractivity contribution in [2.75, 3.05) is 12.4 Å². The van der Waals surface area contributed by atoms with Crippen molar-refractivity contribution in [3.05, 3.63) is 64.6 Å². The van der Waals surface area contributed by atoms with Gasteiger partial charge in [-0.15, -0.1) is 0 Å². The highest BCUT2D eigenvalue weighted by atomic mass is 19.1. The second-order valence-electron chi connectivity index (χ2n) is 5.82. The van der Waals surface area contributed by atoms with Crippen LogP contribution in [0.25, 0.3) is 11.0 Å². The number of rotatable bonds is 4. The molecular formula is C19H18FN3O2. The van der Waals surface area contributed by atoms with Crippen LogP contribution in [0.1, 0.15) is 27.2 Å². The zero-order chi connectivity index (χ0) is 18.0. The lowest BCUT2D eigenvalue weighted by Crippen LogP contribution is -2.13. The monoisotopic (exact) mass is 339 g/mol. The van der Waals surface area contributed by atoms with Gasteiger partial charge in [-0.3, -0.25) is 0 Å². The number of carbonyl (C=O) groups excluding carboxylic acids is 1. The van der Waals surface area contributed by atoms with Crippen molar-refractivity contribution in [2.24, 2.45) is 0 Å². The first-order valence-electron chi connectivity index (χ1n) is 7.83. The van der Waals surface area contributed by atoms with E-state index in [-0.39, 0.29) is 11.5 Å².